The molecule has 1 fully saturated rings. The van der Waals surface area contributed by atoms with Crippen LogP contribution in [-0.4, -0.2) is 52.2 Å². The van der Waals surface area contributed by atoms with E-state index in [-0.39, 0.29) is 34.6 Å². The maximum absolute atomic E-state index is 13.9. The zero-order valence-electron chi connectivity index (χ0n) is 20.4. The minimum Gasteiger partial charge on any atom is -0.478 e. The van der Waals surface area contributed by atoms with E-state index in [0.29, 0.717) is 31.3 Å². The van der Waals surface area contributed by atoms with Gasteiger partial charge in [0.15, 0.2) is 0 Å². The van der Waals surface area contributed by atoms with Crippen LogP contribution in [0.5, 0.6) is 0 Å². The van der Waals surface area contributed by atoms with E-state index in [4.69, 9.17) is 21.4 Å². The number of nitrogens with zero attached hydrogens (tertiary/aromatic N) is 3. The fraction of sp³-hybridized carbons (Fsp3) is 0.292. The first-order chi connectivity index (χ1) is 18.5. The molecule has 4 N–H and O–H groups in total. The number of alkyl halides is 3. The smallest absolute Gasteiger partial charge is 0.418 e. The van der Waals surface area contributed by atoms with E-state index in [1.165, 1.54) is 24.7 Å². The Morgan fingerprint density at radius 3 is 2.46 bits per heavy atom. The summed E-state index contributed by atoms with van der Waals surface area (Å²) in [6.07, 6.45) is -0.364. The third kappa shape index (κ3) is 8.22. The monoisotopic (exact) mass is 570 g/mol. The summed E-state index contributed by atoms with van der Waals surface area (Å²) in [6.45, 7) is 0.954. The molecule has 3 heterocycles. The molecule has 10 nitrogen and oxygen atoms in total. The summed E-state index contributed by atoms with van der Waals surface area (Å²) in [7, 11) is 1.66. The molecule has 0 bridgehead atoms. The van der Waals surface area contributed by atoms with Crippen LogP contribution in [0, 0.1) is 11.7 Å². The van der Waals surface area contributed by atoms with Crippen molar-refractivity contribution < 1.29 is 37.0 Å². The number of hydrogen-bond acceptors (Lipinski definition) is 8. The summed E-state index contributed by atoms with van der Waals surface area (Å²) in [5.74, 6) is -2.07. The van der Waals surface area contributed by atoms with Crippen LogP contribution in [0.15, 0.2) is 42.9 Å². The molecule has 0 aliphatic carbocycles. The second kappa shape index (κ2) is 13.2. The van der Waals surface area contributed by atoms with Gasteiger partial charge in [0.1, 0.15) is 5.82 Å². The zero-order chi connectivity index (χ0) is 28.6. The summed E-state index contributed by atoms with van der Waals surface area (Å²) >= 11 is 6.11. The molecule has 0 saturated carbocycles. The normalized spacial score (nSPS) is 14.7. The Kier molecular flexibility index (Phi) is 9.95. The Labute approximate surface area is 224 Å². The summed E-state index contributed by atoms with van der Waals surface area (Å²) in [6, 6.07) is 4.00. The number of carbonyl (C=O) groups excluding carboxylic acids is 1. The number of rotatable bonds is 7. The number of carbonyl (C=O) groups is 2. The summed E-state index contributed by atoms with van der Waals surface area (Å²) < 4.78 is 58.3. The standard InChI is InChI=1S/C18H16ClF4N3O2.C6H7N3O2/c19-13-6-11(26-16-12(18(21,22)23)2-1-3-14(16)20)7-24-15(13)8-25-17(27)10-4-5-28-9-10;1-7-6-8-2-4(3-9-6)5(10)11/h1-3,6-7,10,26H,4-5,8-9H2,(H,25,27);2-3H,1H3,(H,10,11)(H,7,8,9)/t10-;/m0./s1. The molecule has 1 aliphatic rings. The Hall–Kier alpha value is -4.04. The van der Waals surface area contributed by atoms with Crippen molar-refractivity contribution in [1.82, 2.24) is 20.3 Å². The molecule has 39 heavy (non-hydrogen) atoms. The fourth-order valence-corrected chi connectivity index (χ4v) is 3.55. The second-order valence-corrected chi connectivity index (χ2v) is 8.47. The van der Waals surface area contributed by atoms with E-state index in [1.54, 1.807) is 7.05 Å². The second-order valence-electron chi connectivity index (χ2n) is 8.07. The fourth-order valence-electron chi connectivity index (χ4n) is 3.32. The Bertz CT molecular complexity index is 1300. The molecule has 1 saturated heterocycles. The van der Waals surface area contributed by atoms with Crippen LogP contribution in [0.3, 0.4) is 0 Å². The average molecular weight is 571 g/mol. The SMILES string of the molecule is CNc1ncc(C(=O)O)cn1.O=C(NCc1ncc(Nc2c(F)cccc2C(F)(F)F)cc1Cl)[C@H]1CCOC1. The van der Waals surface area contributed by atoms with Crippen LogP contribution in [0.2, 0.25) is 5.02 Å². The van der Waals surface area contributed by atoms with Gasteiger partial charge in [-0.2, -0.15) is 13.2 Å². The molecular weight excluding hydrogens is 548 g/mol. The largest absolute Gasteiger partial charge is 0.478 e. The molecular formula is C24H23ClF4N6O4. The number of nitrogens with one attached hydrogen (secondary N) is 3. The number of aromatic carboxylic acids is 1. The van der Waals surface area contributed by atoms with Gasteiger partial charge in [-0.3, -0.25) is 9.78 Å². The van der Waals surface area contributed by atoms with E-state index < -0.39 is 29.2 Å². The van der Waals surface area contributed by atoms with Crippen LogP contribution >= 0.6 is 11.6 Å². The van der Waals surface area contributed by atoms with Crippen molar-refractivity contribution in [2.75, 3.05) is 30.9 Å². The highest BCUT2D eigenvalue weighted by atomic mass is 35.5. The lowest BCUT2D eigenvalue weighted by Crippen LogP contribution is -2.30. The number of carboxylic acids is 1. The van der Waals surface area contributed by atoms with Crippen molar-refractivity contribution in [2.45, 2.75) is 19.1 Å². The molecule has 4 rings (SSSR count). The summed E-state index contributed by atoms with van der Waals surface area (Å²) in [4.78, 5) is 33.8. The van der Waals surface area contributed by atoms with Crippen molar-refractivity contribution in [1.29, 1.82) is 0 Å². The van der Waals surface area contributed by atoms with Crippen LogP contribution in [0.1, 0.15) is 28.0 Å². The maximum atomic E-state index is 13.9. The van der Waals surface area contributed by atoms with Gasteiger partial charge in [0.05, 0.1) is 58.5 Å². The lowest BCUT2D eigenvalue weighted by atomic mass is 10.1. The first-order valence-electron chi connectivity index (χ1n) is 11.3. The van der Waals surface area contributed by atoms with Gasteiger partial charge in [-0.1, -0.05) is 17.7 Å². The van der Waals surface area contributed by atoms with Gasteiger partial charge in [-0.15, -0.1) is 0 Å². The molecule has 3 aromatic rings. The van der Waals surface area contributed by atoms with Crippen LogP contribution in [0.4, 0.5) is 34.9 Å². The first kappa shape index (κ1) is 29.5. The Balaban J connectivity index is 0.000000320. The maximum Gasteiger partial charge on any atom is 0.418 e. The molecule has 0 radical (unpaired) electrons. The molecule has 0 unspecified atom stereocenters. The van der Waals surface area contributed by atoms with Gasteiger partial charge >= 0.3 is 12.1 Å². The predicted molar refractivity (Wildman–Crippen MR) is 133 cm³/mol. The number of ether oxygens (including phenoxy) is 1. The van der Waals surface area contributed by atoms with Crippen LogP contribution in [-0.2, 0) is 22.3 Å². The van der Waals surface area contributed by atoms with Gasteiger partial charge in [-0.25, -0.2) is 19.2 Å². The number of carboxylic acid groups (broad SMARTS) is 1. The summed E-state index contributed by atoms with van der Waals surface area (Å²) in [5.41, 5.74) is -1.35. The number of pyridine rings is 1. The van der Waals surface area contributed by atoms with Gasteiger partial charge in [0.25, 0.3) is 0 Å². The molecule has 208 valence electrons. The van der Waals surface area contributed by atoms with Gasteiger partial charge in [0.2, 0.25) is 11.9 Å². The van der Waals surface area contributed by atoms with Gasteiger partial charge in [-0.05, 0) is 24.6 Å². The quantitative estimate of drug-likeness (QED) is 0.302. The molecule has 2 aromatic heterocycles. The number of para-hydroxylation sites is 1. The number of hydrogen-bond donors (Lipinski definition) is 4. The number of anilines is 3. The lowest BCUT2D eigenvalue weighted by molar-refractivity contribution is -0.137. The number of amides is 1. The van der Waals surface area contributed by atoms with Gasteiger partial charge < -0.3 is 25.8 Å². The molecule has 1 amide bonds. The van der Waals surface area contributed by atoms with Gasteiger partial charge in [0, 0.05) is 26.0 Å². The Morgan fingerprint density at radius 1 is 1.18 bits per heavy atom. The highest BCUT2D eigenvalue weighted by Crippen LogP contribution is 2.37. The van der Waals surface area contributed by atoms with Crippen molar-refractivity contribution in [3.63, 3.8) is 0 Å². The van der Waals surface area contributed by atoms with Crippen molar-refractivity contribution in [3.8, 4) is 0 Å². The minimum atomic E-state index is -4.73. The molecule has 1 aliphatic heterocycles. The van der Waals surface area contributed by atoms with E-state index in [0.717, 1.165) is 18.2 Å². The average Bonchev–Trinajstić information content (AvgIpc) is 3.44. The minimum absolute atomic E-state index is 0.0575. The molecule has 0 spiro atoms. The lowest BCUT2D eigenvalue weighted by Gasteiger charge is -2.16. The zero-order valence-corrected chi connectivity index (χ0v) is 21.1. The third-order valence-electron chi connectivity index (χ3n) is 5.36. The van der Waals surface area contributed by atoms with E-state index >= 15 is 0 Å². The Morgan fingerprint density at radius 2 is 1.90 bits per heavy atom. The van der Waals surface area contributed by atoms with Crippen molar-refractivity contribution in [3.05, 3.63) is 70.5 Å². The molecule has 15 heteroatoms. The topological polar surface area (TPSA) is 138 Å². The molecule has 1 aromatic carbocycles. The van der Waals surface area contributed by atoms with Crippen LogP contribution in [0.25, 0.3) is 0 Å². The predicted octanol–water partition coefficient (Wildman–Crippen LogP) is 4.51. The summed E-state index contributed by atoms with van der Waals surface area (Å²) in [5, 5.41) is 16.3. The number of aromatic nitrogens is 3. The number of benzene rings is 1. The third-order valence-corrected chi connectivity index (χ3v) is 5.69. The van der Waals surface area contributed by atoms with Crippen molar-refractivity contribution >= 4 is 40.8 Å². The van der Waals surface area contributed by atoms with Crippen molar-refractivity contribution in [2.24, 2.45) is 5.92 Å². The van der Waals surface area contributed by atoms with E-state index in [2.05, 4.69) is 30.9 Å². The first-order valence-corrected chi connectivity index (χ1v) is 11.7. The highest BCUT2D eigenvalue weighted by Gasteiger charge is 2.34. The van der Waals surface area contributed by atoms with E-state index in [1.807, 2.05) is 0 Å². The number of halogens is 5. The molecule has 1 atom stereocenters. The van der Waals surface area contributed by atoms with Crippen LogP contribution < -0.4 is 16.0 Å². The van der Waals surface area contributed by atoms with E-state index in [9.17, 15) is 27.2 Å². The highest BCUT2D eigenvalue weighted by molar-refractivity contribution is 6.31.